The van der Waals surface area contributed by atoms with Gasteiger partial charge in [-0.3, -0.25) is 0 Å². The van der Waals surface area contributed by atoms with Crippen molar-refractivity contribution in [1.82, 2.24) is 10.2 Å². The summed E-state index contributed by atoms with van der Waals surface area (Å²) < 4.78 is 5.92. The molecule has 1 spiro atoms. The molecular formula is C17H32N2O. The molecule has 0 aromatic carbocycles. The maximum Gasteiger partial charge on any atom is 0.0661 e. The summed E-state index contributed by atoms with van der Waals surface area (Å²) in [6, 6.07) is 0.733. The third-order valence-corrected chi connectivity index (χ3v) is 6.13. The second kappa shape index (κ2) is 6.33. The summed E-state index contributed by atoms with van der Waals surface area (Å²) in [5, 5.41) is 3.84. The maximum absolute atomic E-state index is 5.92. The van der Waals surface area contributed by atoms with Gasteiger partial charge in [0.05, 0.1) is 6.10 Å². The normalized spacial score (nSPS) is 33.9. The van der Waals surface area contributed by atoms with Crippen LogP contribution in [0.25, 0.3) is 0 Å². The number of hydrogen-bond acceptors (Lipinski definition) is 3. The van der Waals surface area contributed by atoms with E-state index in [0.717, 1.165) is 18.6 Å². The van der Waals surface area contributed by atoms with Gasteiger partial charge in [0.1, 0.15) is 0 Å². The Morgan fingerprint density at radius 3 is 2.60 bits per heavy atom. The quantitative estimate of drug-likeness (QED) is 0.809. The Hall–Kier alpha value is -0.120. The summed E-state index contributed by atoms with van der Waals surface area (Å²) >= 11 is 0. The molecule has 3 aliphatic rings. The van der Waals surface area contributed by atoms with Gasteiger partial charge in [-0.2, -0.15) is 0 Å². The zero-order valence-electron chi connectivity index (χ0n) is 13.4. The van der Waals surface area contributed by atoms with Gasteiger partial charge < -0.3 is 15.0 Å². The van der Waals surface area contributed by atoms with Gasteiger partial charge in [0.2, 0.25) is 0 Å². The van der Waals surface area contributed by atoms with Gasteiger partial charge in [0, 0.05) is 31.2 Å². The first-order valence-electron chi connectivity index (χ1n) is 8.82. The van der Waals surface area contributed by atoms with E-state index in [2.05, 4.69) is 24.1 Å². The molecule has 1 heterocycles. The first kappa shape index (κ1) is 14.8. The minimum atomic E-state index is 0.520. The van der Waals surface area contributed by atoms with Crippen LogP contribution < -0.4 is 5.32 Å². The predicted molar refractivity (Wildman–Crippen MR) is 82.9 cm³/mol. The van der Waals surface area contributed by atoms with Crippen LogP contribution in [0.2, 0.25) is 0 Å². The molecule has 0 aromatic rings. The highest BCUT2D eigenvalue weighted by Gasteiger charge is 2.58. The van der Waals surface area contributed by atoms with E-state index < -0.39 is 0 Å². The maximum atomic E-state index is 5.92. The lowest BCUT2D eigenvalue weighted by molar-refractivity contribution is -0.172. The van der Waals surface area contributed by atoms with Crippen molar-refractivity contribution in [1.29, 1.82) is 0 Å². The monoisotopic (exact) mass is 280 g/mol. The summed E-state index contributed by atoms with van der Waals surface area (Å²) in [6.07, 6.45) is 8.75. The Kier molecular flexibility index (Phi) is 4.68. The van der Waals surface area contributed by atoms with Crippen molar-refractivity contribution in [2.75, 3.05) is 32.8 Å². The molecule has 2 atom stereocenters. The van der Waals surface area contributed by atoms with Crippen LogP contribution in [-0.4, -0.2) is 49.8 Å². The van der Waals surface area contributed by atoms with Gasteiger partial charge in [0.25, 0.3) is 0 Å². The number of rotatable bonds is 6. The summed E-state index contributed by atoms with van der Waals surface area (Å²) in [6.45, 7) is 10.4. The third kappa shape index (κ3) is 2.77. The average molecular weight is 280 g/mol. The summed E-state index contributed by atoms with van der Waals surface area (Å²) in [5.74, 6) is 0.941. The van der Waals surface area contributed by atoms with Crippen LogP contribution in [0, 0.1) is 11.3 Å². The second-order valence-electron chi connectivity index (χ2n) is 7.30. The zero-order chi connectivity index (χ0) is 14.0. The van der Waals surface area contributed by atoms with Crippen LogP contribution in [0.15, 0.2) is 0 Å². The lowest BCUT2D eigenvalue weighted by atomic mass is 9.51. The van der Waals surface area contributed by atoms with Gasteiger partial charge in [-0.15, -0.1) is 0 Å². The molecule has 3 fully saturated rings. The standard InChI is InChI=1S/C17H32N2O/c1-3-20-16-13-15(17(16)7-4-8-17)18-9-12-19-10-5-14(2)6-11-19/h14-16,18H,3-13H2,1-2H3. The number of ether oxygens (including phenoxy) is 1. The van der Waals surface area contributed by atoms with Crippen molar-refractivity contribution >= 4 is 0 Å². The van der Waals surface area contributed by atoms with E-state index in [1.54, 1.807) is 0 Å². The molecule has 2 unspecified atom stereocenters. The first-order chi connectivity index (χ1) is 9.74. The fourth-order valence-electron chi connectivity index (χ4n) is 4.41. The largest absolute Gasteiger partial charge is 0.378 e. The van der Waals surface area contributed by atoms with E-state index >= 15 is 0 Å². The molecule has 20 heavy (non-hydrogen) atoms. The van der Waals surface area contributed by atoms with Crippen LogP contribution in [0.3, 0.4) is 0 Å². The van der Waals surface area contributed by atoms with E-state index in [9.17, 15) is 0 Å². The highest BCUT2D eigenvalue weighted by atomic mass is 16.5. The molecule has 2 saturated carbocycles. The van der Waals surface area contributed by atoms with E-state index in [0.29, 0.717) is 11.5 Å². The van der Waals surface area contributed by atoms with E-state index in [1.165, 1.54) is 64.7 Å². The van der Waals surface area contributed by atoms with Crippen molar-refractivity contribution in [2.45, 2.75) is 64.5 Å². The summed E-state index contributed by atoms with van der Waals surface area (Å²) in [4.78, 5) is 2.64. The van der Waals surface area contributed by atoms with Crippen molar-refractivity contribution < 1.29 is 4.74 Å². The van der Waals surface area contributed by atoms with Gasteiger partial charge in [-0.25, -0.2) is 0 Å². The van der Waals surface area contributed by atoms with E-state index in [-0.39, 0.29) is 0 Å². The molecule has 0 bridgehead atoms. The molecule has 3 nitrogen and oxygen atoms in total. The Bertz CT molecular complexity index is 308. The van der Waals surface area contributed by atoms with Crippen molar-refractivity contribution in [3.63, 3.8) is 0 Å². The predicted octanol–water partition coefficient (Wildman–Crippen LogP) is 2.66. The Morgan fingerprint density at radius 1 is 1.25 bits per heavy atom. The first-order valence-corrected chi connectivity index (χ1v) is 8.82. The molecule has 3 heteroatoms. The van der Waals surface area contributed by atoms with Crippen LogP contribution >= 0.6 is 0 Å². The average Bonchev–Trinajstić information content (AvgIpc) is 2.37. The van der Waals surface area contributed by atoms with Gasteiger partial charge in [-0.1, -0.05) is 13.3 Å². The van der Waals surface area contributed by atoms with Crippen molar-refractivity contribution in [3.05, 3.63) is 0 Å². The fourth-order valence-corrected chi connectivity index (χ4v) is 4.41. The molecule has 0 radical (unpaired) electrons. The molecule has 0 amide bonds. The highest BCUT2D eigenvalue weighted by Crippen LogP contribution is 2.57. The van der Waals surface area contributed by atoms with Crippen LogP contribution in [0.1, 0.15) is 52.4 Å². The van der Waals surface area contributed by atoms with E-state index in [4.69, 9.17) is 4.74 Å². The topological polar surface area (TPSA) is 24.5 Å². The SMILES string of the molecule is CCOC1CC(NCCN2CCC(C)CC2)C12CCC2. The number of piperidine rings is 1. The van der Waals surface area contributed by atoms with Crippen molar-refractivity contribution in [3.8, 4) is 0 Å². The zero-order valence-corrected chi connectivity index (χ0v) is 13.4. The Balaban J connectivity index is 1.37. The summed E-state index contributed by atoms with van der Waals surface area (Å²) in [7, 11) is 0. The van der Waals surface area contributed by atoms with Gasteiger partial charge >= 0.3 is 0 Å². The van der Waals surface area contributed by atoms with Crippen LogP contribution in [-0.2, 0) is 4.74 Å². The molecule has 116 valence electrons. The fraction of sp³-hybridized carbons (Fsp3) is 1.00. The number of hydrogen-bond donors (Lipinski definition) is 1. The number of nitrogens with one attached hydrogen (secondary N) is 1. The molecule has 1 saturated heterocycles. The van der Waals surface area contributed by atoms with Gasteiger partial charge in [-0.05, 0) is 58.0 Å². The Morgan fingerprint density at radius 2 is 2.00 bits per heavy atom. The van der Waals surface area contributed by atoms with Crippen LogP contribution in [0.4, 0.5) is 0 Å². The Labute approximate surface area is 124 Å². The molecular weight excluding hydrogens is 248 g/mol. The van der Waals surface area contributed by atoms with Crippen LogP contribution in [0.5, 0.6) is 0 Å². The third-order valence-electron chi connectivity index (χ3n) is 6.13. The molecule has 0 aromatic heterocycles. The molecule has 2 aliphatic carbocycles. The minimum absolute atomic E-state index is 0.520. The summed E-state index contributed by atoms with van der Waals surface area (Å²) in [5.41, 5.74) is 0.520. The number of nitrogens with zero attached hydrogens (tertiary/aromatic N) is 1. The van der Waals surface area contributed by atoms with E-state index in [1.807, 2.05) is 0 Å². The smallest absolute Gasteiger partial charge is 0.0661 e. The van der Waals surface area contributed by atoms with Gasteiger partial charge in [0.15, 0.2) is 0 Å². The molecule has 1 N–H and O–H groups in total. The van der Waals surface area contributed by atoms with Crippen molar-refractivity contribution in [2.24, 2.45) is 11.3 Å². The second-order valence-corrected chi connectivity index (χ2v) is 7.30. The number of likely N-dealkylation sites (tertiary alicyclic amines) is 1. The molecule has 1 aliphatic heterocycles. The lowest BCUT2D eigenvalue weighted by Gasteiger charge is -2.61. The highest BCUT2D eigenvalue weighted by molar-refractivity contribution is 5.12. The lowest BCUT2D eigenvalue weighted by Crippen LogP contribution is -2.67. The molecule has 3 rings (SSSR count). The minimum Gasteiger partial charge on any atom is -0.378 e.